The summed E-state index contributed by atoms with van der Waals surface area (Å²) >= 11 is 7.72. The topological polar surface area (TPSA) is 34.9 Å². The van der Waals surface area contributed by atoms with Crippen LogP contribution in [-0.4, -0.2) is 9.55 Å². The van der Waals surface area contributed by atoms with Crippen LogP contribution in [0.5, 0.6) is 0 Å². The van der Waals surface area contributed by atoms with Crippen LogP contribution in [0.3, 0.4) is 0 Å². The molecule has 3 nitrogen and oxygen atoms in total. The van der Waals surface area contributed by atoms with Crippen molar-refractivity contribution in [3.63, 3.8) is 0 Å². The van der Waals surface area contributed by atoms with Crippen LogP contribution in [0.25, 0.3) is 0 Å². The zero-order valence-electron chi connectivity index (χ0n) is 10.1. The Morgan fingerprint density at radius 2 is 2.06 bits per heavy atom. The summed E-state index contributed by atoms with van der Waals surface area (Å²) in [5.41, 5.74) is 3.45. The molecule has 0 radical (unpaired) electrons. The number of aromatic nitrogens is 2. The summed E-state index contributed by atoms with van der Waals surface area (Å²) in [6, 6.07) is 6.17. The average Bonchev–Trinajstić information content (AvgIpc) is 2.34. The van der Waals surface area contributed by atoms with Gasteiger partial charge in [-0.3, -0.25) is 9.36 Å². The highest BCUT2D eigenvalue weighted by molar-refractivity contribution is 14.1. The third-order valence-corrected chi connectivity index (χ3v) is 4.44. The highest BCUT2D eigenvalue weighted by Gasteiger charge is 2.07. The Hall–Kier alpha value is -0.880. The maximum Gasteiger partial charge on any atom is 0.268 e. The standard InChI is InChI=1S/C13H12ClIN2O/c1-8-3-4-10(5-9(8)2)6-17-7-16-12(14)11(15)13(17)18/h3-5,7H,6H2,1-2H3. The van der Waals surface area contributed by atoms with Gasteiger partial charge in [0.2, 0.25) is 0 Å². The minimum Gasteiger partial charge on any atom is -0.294 e. The van der Waals surface area contributed by atoms with Gasteiger partial charge in [-0.1, -0.05) is 29.8 Å². The first-order valence-electron chi connectivity index (χ1n) is 5.45. The Morgan fingerprint density at radius 3 is 2.72 bits per heavy atom. The van der Waals surface area contributed by atoms with Crippen LogP contribution in [0.1, 0.15) is 16.7 Å². The van der Waals surface area contributed by atoms with Crippen LogP contribution in [0.4, 0.5) is 0 Å². The maximum atomic E-state index is 12.0. The first-order valence-corrected chi connectivity index (χ1v) is 6.91. The zero-order valence-corrected chi connectivity index (χ0v) is 13.0. The lowest BCUT2D eigenvalue weighted by Gasteiger charge is -2.08. The second-order valence-electron chi connectivity index (χ2n) is 4.20. The number of benzene rings is 1. The van der Waals surface area contributed by atoms with Crippen molar-refractivity contribution in [3.05, 3.63) is 60.3 Å². The highest BCUT2D eigenvalue weighted by atomic mass is 127. The molecule has 0 fully saturated rings. The van der Waals surface area contributed by atoms with Gasteiger partial charge in [0, 0.05) is 0 Å². The van der Waals surface area contributed by atoms with E-state index in [0.717, 1.165) is 5.56 Å². The lowest BCUT2D eigenvalue weighted by Crippen LogP contribution is -2.23. The molecular formula is C13H12ClIN2O. The van der Waals surface area contributed by atoms with E-state index in [-0.39, 0.29) is 10.7 Å². The molecule has 0 amide bonds. The van der Waals surface area contributed by atoms with E-state index in [4.69, 9.17) is 11.6 Å². The highest BCUT2D eigenvalue weighted by Crippen LogP contribution is 2.12. The van der Waals surface area contributed by atoms with Crippen molar-refractivity contribution >= 4 is 34.2 Å². The van der Waals surface area contributed by atoms with Crippen LogP contribution < -0.4 is 5.56 Å². The summed E-state index contributed by atoms with van der Waals surface area (Å²) in [7, 11) is 0. The van der Waals surface area contributed by atoms with E-state index >= 15 is 0 Å². The molecule has 0 aliphatic carbocycles. The monoisotopic (exact) mass is 374 g/mol. The van der Waals surface area contributed by atoms with E-state index in [1.807, 2.05) is 28.7 Å². The van der Waals surface area contributed by atoms with Crippen molar-refractivity contribution in [2.24, 2.45) is 0 Å². The van der Waals surface area contributed by atoms with Gasteiger partial charge in [-0.25, -0.2) is 4.98 Å². The summed E-state index contributed by atoms with van der Waals surface area (Å²) in [6.07, 6.45) is 1.49. The Balaban J connectivity index is 2.37. The molecule has 1 heterocycles. The van der Waals surface area contributed by atoms with Crippen molar-refractivity contribution in [1.29, 1.82) is 0 Å². The first kappa shape index (κ1) is 13.5. The molecule has 2 aromatic rings. The number of aryl methyl sites for hydroxylation is 2. The fourth-order valence-electron chi connectivity index (χ4n) is 1.66. The molecule has 0 unspecified atom stereocenters. The Labute approximate surface area is 124 Å². The Kier molecular flexibility index (Phi) is 4.07. The summed E-state index contributed by atoms with van der Waals surface area (Å²) in [4.78, 5) is 16.0. The fraction of sp³-hybridized carbons (Fsp3) is 0.231. The third kappa shape index (κ3) is 2.75. The summed E-state index contributed by atoms with van der Waals surface area (Å²) in [5, 5.41) is 0.261. The van der Waals surface area contributed by atoms with E-state index in [2.05, 4.69) is 31.0 Å². The van der Waals surface area contributed by atoms with Gasteiger partial charge in [0.05, 0.1) is 12.9 Å². The average molecular weight is 375 g/mol. The molecule has 94 valence electrons. The van der Waals surface area contributed by atoms with Gasteiger partial charge in [0.15, 0.2) is 0 Å². The lowest BCUT2D eigenvalue weighted by atomic mass is 10.1. The maximum absolute atomic E-state index is 12.0. The SMILES string of the molecule is Cc1ccc(Cn2cnc(Cl)c(I)c2=O)cc1C. The van der Waals surface area contributed by atoms with Gasteiger partial charge in [-0.2, -0.15) is 0 Å². The number of hydrogen-bond donors (Lipinski definition) is 0. The summed E-state index contributed by atoms with van der Waals surface area (Å²) in [6.45, 7) is 4.64. The molecular weight excluding hydrogens is 363 g/mol. The van der Waals surface area contributed by atoms with Gasteiger partial charge < -0.3 is 0 Å². The zero-order chi connectivity index (χ0) is 13.3. The van der Waals surface area contributed by atoms with Gasteiger partial charge in [0.25, 0.3) is 5.56 Å². The molecule has 0 aliphatic heterocycles. The first-order chi connectivity index (χ1) is 8.49. The molecule has 0 N–H and O–H groups in total. The van der Waals surface area contributed by atoms with E-state index in [1.165, 1.54) is 17.5 Å². The second kappa shape index (κ2) is 5.40. The third-order valence-electron chi connectivity index (χ3n) is 2.86. The molecule has 5 heteroatoms. The molecule has 0 saturated carbocycles. The van der Waals surface area contributed by atoms with Crippen molar-refractivity contribution in [1.82, 2.24) is 9.55 Å². The summed E-state index contributed by atoms with van der Waals surface area (Å²) in [5.74, 6) is 0. The number of nitrogens with zero attached hydrogens (tertiary/aromatic N) is 2. The predicted molar refractivity (Wildman–Crippen MR) is 81.2 cm³/mol. The van der Waals surface area contributed by atoms with Crippen LogP contribution >= 0.6 is 34.2 Å². The van der Waals surface area contributed by atoms with Gasteiger partial charge >= 0.3 is 0 Å². The van der Waals surface area contributed by atoms with Crippen molar-refractivity contribution in [2.45, 2.75) is 20.4 Å². The van der Waals surface area contributed by atoms with Gasteiger partial charge in [-0.15, -0.1) is 0 Å². The molecule has 0 saturated heterocycles. The van der Waals surface area contributed by atoms with E-state index in [0.29, 0.717) is 10.1 Å². The molecule has 0 bridgehead atoms. The van der Waals surface area contributed by atoms with E-state index < -0.39 is 0 Å². The molecule has 0 aliphatic rings. The molecule has 18 heavy (non-hydrogen) atoms. The molecule has 1 aromatic heterocycles. The number of halogens is 2. The molecule has 1 aromatic carbocycles. The quantitative estimate of drug-likeness (QED) is 0.598. The molecule has 0 spiro atoms. The van der Waals surface area contributed by atoms with Crippen molar-refractivity contribution in [3.8, 4) is 0 Å². The Bertz CT molecular complexity index is 652. The summed E-state index contributed by atoms with van der Waals surface area (Å²) < 4.78 is 2.03. The van der Waals surface area contributed by atoms with E-state index in [1.54, 1.807) is 4.57 Å². The largest absolute Gasteiger partial charge is 0.294 e. The van der Waals surface area contributed by atoms with Gasteiger partial charge in [0.1, 0.15) is 8.72 Å². The van der Waals surface area contributed by atoms with E-state index in [9.17, 15) is 4.79 Å². The number of hydrogen-bond acceptors (Lipinski definition) is 2. The van der Waals surface area contributed by atoms with Crippen LogP contribution in [0.15, 0.2) is 29.3 Å². The smallest absolute Gasteiger partial charge is 0.268 e. The van der Waals surface area contributed by atoms with Crippen LogP contribution in [-0.2, 0) is 6.54 Å². The normalized spacial score (nSPS) is 10.7. The lowest BCUT2D eigenvalue weighted by molar-refractivity contribution is 0.730. The minimum atomic E-state index is -0.103. The van der Waals surface area contributed by atoms with Crippen LogP contribution in [0.2, 0.25) is 5.15 Å². The predicted octanol–water partition coefficient (Wildman–Crippen LogP) is 3.17. The van der Waals surface area contributed by atoms with Crippen molar-refractivity contribution in [2.75, 3.05) is 0 Å². The molecule has 2 rings (SSSR count). The van der Waals surface area contributed by atoms with Crippen LogP contribution in [0, 0.1) is 17.4 Å². The molecule has 0 atom stereocenters. The Morgan fingerprint density at radius 1 is 1.33 bits per heavy atom. The van der Waals surface area contributed by atoms with Gasteiger partial charge in [-0.05, 0) is 53.1 Å². The number of rotatable bonds is 2. The second-order valence-corrected chi connectivity index (χ2v) is 5.64. The minimum absolute atomic E-state index is 0.103. The van der Waals surface area contributed by atoms with Crippen molar-refractivity contribution < 1.29 is 0 Å². The fourth-order valence-corrected chi connectivity index (χ4v) is 2.23.